The number of likely N-dealkylation sites (tertiary alicyclic amines) is 2. The number of rotatable bonds is 2. The summed E-state index contributed by atoms with van der Waals surface area (Å²) >= 11 is 1.46. The molecule has 0 aromatic carbocycles. The molecule has 0 radical (unpaired) electrons. The van der Waals surface area contributed by atoms with Crippen LogP contribution in [0.25, 0.3) is 0 Å². The maximum Gasteiger partial charge on any atom is 0.246 e. The lowest BCUT2D eigenvalue weighted by molar-refractivity contribution is -0.137. The first-order valence-corrected chi connectivity index (χ1v) is 9.39. The van der Waals surface area contributed by atoms with Crippen LogP contribution in [0.2, 0.25) is 0 Å². The van der Waals surface area contributed by atoms with Gasteiger partial charge in [-0.05, 0) is 35.5 Å². The van der Waals surface area contributed by atoms with Gasteiger partial charge >= 0.3 is 0 Å². The maximum atomic E-state index is 12.2. The van der Waals surface area contributed by atoms with Gasteiger partial charge in [0.25, 0.3) is 0 Å². The highest BCUT2D eigenvalue weighted by molar-refractivity contribution is 8.06. The van der Waals surface area contributed by atoms with Crippen LogP contribution in [0.15, 0.2) is 22.0 Å². The van der Waals surface area contributed by atoms with Crippen LogP contribution in [0.3, 0.4) is 0 Å². The first kappa shape index (κ1) is 17.5. The average Bonchev–Trinajstić information content (AvgIpc) is 3.05. The van der Waals surface area contributed by atoms with E-state index in [4.69, 9.17) is 10.5 Å². The van der Waals surface area contributed by atoms with Crippen LogP contribution < -0.4 is 0 Å². The second kappa shape index (κ2) is 6.36. The third-order valence-electron chi connectivity index (χ3n) is 5.63. The summed E-state index contributed by atoms with van der Waals surface area (Å²) in [4.78, 5) is 51.7. The van der Waals surface area contributed by atoms with Crippen molar-refractivity contribution in [3.05, 3.63) is 22.0 Å². The number of fused-ring (bicyclic) bond motifs is 2. The van der Waals surface area contributed by atoms with Crippen molar-refractivity contribution in [3.63, 3.8) is 0 Å². The van der Waals surface area contributed by atoms with Gasteiger partial charge in [-0.3, -0.25) is 19.2 Å². The molecule has 0 saturated carbocycles. The van der Waals surface area contributed by atoms with Crippen LogP contribution >= 0.6 is 11.8 Å². The van der Waals surface area contributed by atoms with Crippen LogP contribution in [-0.4, -0.2) is 33.4 Å². The lowest BCUT2D eigenvalue weighted by Gasteiger charge is -2.25. The molecule has 0 spiro atoms. The van der Waals surface area contributed by atoms with Crippen LogP contribution in [0, 0.1) is 46.6 Å². The van der Waals surface area contributed by atoms with Crippen molar-refractivity contribution in [2.75, 3.05) is 0 Å². The molecule has 136 valence electrons. The lowest BCUT2D eigenvalue weighted by Crippen LogP contribution is -2.25. The minimum Gasteiger partial charge on any atom is -0.273 e. The number of thioether (sulfide) groups is 1. The van der Waals surface area contributed by atoms with E-state index < -0.39 is 47.3 Å². The fraction of sp³-hybridized carbons (Fsp3) is 0.444. The molecule has 0 N–H and O–H groups in total. The molecule has 0 bridgehead atoms. The zero-order chi connectivity index (χ0) is 19.3. The van der Waals surface area contributed by atoms with E-state index in [0.717, 1.165) is 9.81 Å². The van der Waals surface area contributed by atoms with E-state index in [1.807, 2.05) is 12.2 Å². The summed E-state index contributed by atoms with van der Waals surface area (Å²) in [6.45, 7) is 0. The SMILES string of the molecule is N#CN1C(=O)C2CC=C(SC3=CCC4C(=O)N(C#N)C(=O)C4C3)CC2C1=O. The standard InChI is InChI=1S/C18H14N4O4S/c19-7-21-15(23)11-3-1-9(5-13(11)17(21)25)27-10-2-4-12-14(6-10)18(26)22(8-20)16(12)24/h1-2,11-14H,3-6H2. The molecule has 0 aromatic rings. The van der Waals surface area contributed by atoms with Gasteiger partial charge in [-0.15, -0.1) is 0 Å². The molecule has 4 atom stereocenters. The van der Waals surface area contributed by atoms with Gasteiger partial charge in [0.05, 0.1) is 23.7 Å². The first-order chi connectivity index (χ1) is 13.0. The molecule has 8 nitrogen and oxygen atoms in total. The number of carbonyl (C=O) groups is 4. The predicted octanol–water partition coefficient (Wildman–Crippen LogP) is 1.24. The molecule has 9 heteroatoms. The molecule has 2 fully saturated rings. The number of allylic oxidation sites excluding steroid dienone is 4. The van der Waals surface area contributed by atoms with Crippen LogP contribution in [0.4, 0.5) is 0 Å². The van der Waals surface area contributed by atoms with Crippen molar-refractivity contribution in [1.29, 1.82) is 10.5 Å². The molecule has 4 rings (SSSR count). The molecule has 2 saturated heterocycles. The Morgan fingerprint density at radius 1 is 0.741 bits per heavy atom. The van der Waals surface area contributed by atoms with Crippen LogP contribution in [0.1, 0.15) is 25.7 Å². The Labute approximate surface area is 159 Å². The molecule has 4 unspecified atom stereocenters. The highest BCUT2D eigenvalue weighted by Crippen LogP contribution is 2.47. The topological polar surface area (TPSA) is 122 Å². The van der Waals surface area contributed by atoms with Crippen molar-refractivity contribution in [2.24, 2.45) is 23.7 Å². The van der Waals surface area contributed by atoms with E-state index >= 15 is 0 Å². The maximum absolute atomic E-state index is 12.2. The van der Waals surface area contributed by atoms with Gasteiger partial charge in [0.1, 0.15) is 0 Å². The number of imide groups is 2. The van der Waals surface area contributed by atoms with Crippen molar-refractivity contribution in [1.82, 2.24) is 9.80 Å². The second-order valence-electron chi connectivity index (χ2n) is 6.97. The number of amides is 4. The summed E-state index contributed by atoms with van der Waals surface area (Å²) in [7, 11) is 0. The van der Waals surface area contributed by atoms with Crippen molar-refractivity contribution in [3.8, 4) is 12.4 Å². The van der Waals surface area contributed by atoms with Crippen LogP contribution in [0.5, 0.6) is 0 Å². The monoisotopic (exact) mass is 382 g/mol. The molecule has 4 amide bonds. The van der Waals surface area contributed by atoms with Crippen molar-refractivity contribution >= 4 is 35.4 Å². The zero-order valence-electron chi connectivity index (χ0n) is 14.1. The van der Waals surface area contributed by atoms with E-state index in [1.54, 1.807) is 12.4 Å². The number of nitriles is 2. The smallest absolute Gasteiger partial charge is 0.246 e. The molecular weight excluding hydrogens is 368 g/mol. The summed E-state index contributed by atoms with van der Waals surface area (Å²) in [5, 5.41) is 17.9. The van der Waals surface area contributed by atoms with Crippen molar-refractivity contribution < 1.29 is 19.2 Å². The van der Waals surface area contributed by atoms with Gasteiger partial charge in [-0.25, -0.2) is 0 Å². The molecule has 2 aliphatic heterocycles. The first-order valence-electron chi connectivity index (χ1n) is 8.57. The fourth-order valence-electron chi connectivity index (χ4n) is 4.21. The van der Waals surface area contributed by atoms with Gasteiger partial charge in [-0.1, -0.05) is 23.9 Å². The molecule has 4 aliphatic rings. The molecule has 2 heterocycles. The molecule has 27 heavy (non-hydrogen) atoms. The summed E-state index contributed by atoms with van der Waals surface area (Å²) in [6, 6.07) is 0. The highest BCUT2D eigenvalue weighted by Gasteiger charge is 2.50. The minimum absolute atomic E-state index is 0.390. The summed E-state index contributed by atoms with van der Waals surface area (Å²) in [6.07, 6.45) is 8.73. The van der Waals surface area contributed by atoms with Gasteiger partial charge in [-0.2, -0.15) is 20.3 Å². The minimum atomic E-state index is -0.509. The summed E-state index contributed by atoms with van der Waals surface area (Å²) in [5.41, 5.74) is 0. The predicted molar refractivity (Wildman–Crippen MR) is 91.1 cm³/mol. The van der Waals surface area contributed by atoms with E-state index in [0.29, 0.717) is 35.5 Å². The highest BCUT2D eigenvalue weighted by atomic mass is 32.2. The van der Waals surface area contributed by atoms with Gasteiger partial charge in [0.2, 0.25) is 23.6 Å². The van der Waals surface area contributed by atoms with E-state index in [2.05, 4.69) is 0 Å². The van der Waals surface area contributed by atoms with Gasteiger partial charge in [0, 0.05) is 0 Å². The number of hydrogen-bond acceptors (Lipinski definition) is 7. The quantitative estimate of drug-likeness (QED) is 0.520. The molecular formula is C18H14N4O4S. The Balaban J connectivity index is 1.46. The van der Waals surface area contributed by atoms with E-state index in [1.165, 1.54) is 11.8 Å². The Morgan fingerprint density at radius 2 is 1.11 bits per heavy atom. The Bertz CT molecular complexity index is 851. The van der Waals surface area contributed by atoms with E-state index in [9.17, 15) is 19.2 Å². The van der Waals surface area contributed by atoms with Gasteiger partial charge in [0.15, 0.2) is 12.4 Å². The summed E-state index contributed by atoms with van der Waals surface area (Å²) in [5.74, 6) is -3.71. The fourth-order valence-corrected chi connectivity index (χ4v) is 5.43. The van der Waals surface area contributed by atoms with E-state index in [-0.39, 0.29) is 0 Å². The number of carbonyl (C=O) groups excluding carboxylic acids is 4. The average molecular weight is 382 g/mol. The molecule has 0 aromatic heterocycles. The van der Waals surface area contributed by atoms with Crippen molar-refractivity contribution in [2.45, 2.75) is 25.7 Å². The second-order valence-corrected chi connectivity index (χ2v) is 8.23. The number of nitrogens with zero attached hydrogens (tertiary/aromatic N) is 4. The third-order valence-corrected chi connectivity index (χ3v) is 6.82. The molecule has 2 aliphatic carbocycles. The zero-order valence-corrected chi connectivity index (χ0v) is 14.9. The third kappa shape index (κ3) is 2.58. The van der Waals surface area contributed by atoms with Crippen LogP contribution in [-0.2, 0) is 19.2 Å². The Morgan fingerprint density at radius 3 is 1.48 bits per heavy atom. The Hall–Kier alpha value is -2.91. The van der Waals surface area contributed by atoms with Gasteiger partial charge < -0.3 is 0 Å². The largest absolute Gasteiger partial charge is 0.273 e. The summed E-state index contributed by atoms with van der Waals surface area (Å²) < 4.78 is 0. The normalized spacial score (nSPS) is 32.5. The number of hydrogen-bond donors (Lipinski definition) is 0. The lowest BCUT2D eigenvalue weighted by atomic mass is 9.85. The Kier molecular flexibility index (Phi) is 4.12.